The molecule has 0 spiro atoms. The molecule has 0 N–H and O–H groups in total. The number of pyridine rings is 2. The first-order chi connectivity index (χ1) is 12.8. The molecule has 4 heterocycles. The summed E-state index contributed by atoms with van der Waals surface area (Å²) in [6.07, 6.45) is 3.47. The third-order valence-electron chi connectivity index (χ3n) is 4.39. The van der Waals surface area contributed by atoms with Crippen LogP contribution < -0.4 is 9.80 Å². The lowest BCUT2D eigenvalue weighted by Crippen LogP contribution is -2.47. The van der Waals surface area contributed by atoms with Crippen molar-refractivity contribution < 1.29 is 0 Å². The number of hydrogen-bond donors (Lipinski definition) is 0. The second kappa shape index (κ2) is 7.15. The SMILES string of the molecule is N#Cc1cccnc1N1CCN(c2ccc(-c3ccccn3)nn2)CC1. The fraction of sp³-hybridized carbons (Fsp3) is 0.211. The Hall–Kier alpha value is -3.53. The fourth-order valence-electron chi connectivity index (χ4n) is 3.03. The van der Waals surface area contributed by atoms with E-state index < -0.39 is 0 Å². The third kappa shape index (κ3) is 3.17. The quantitative estimate of drug-likeness (QED) is 0.720. The highest BCUT2D eigenvalue weighted by Gasteiger charge is 2.21. The van der Waals surface area contributed by atoms with Crippen LogP contribution in [0, 0.1) is 11.3 Å². The number of nitriles is 1. The van der Waals surface area contributed by atoms with Gasteiger partial charge in [0.2, 0.25) is 0 Å². The van der Waals surface area contributed by atoms with E-state index in [9.17, 15) is 5.26 Å². The van der Waals surface area contributed by atoms with Crippen molar-refractivity contribution in [1.29, 1.82) is 5.26 Å². The first-order valence-electron chi connectivity index (χ1n) is 8.45. The summed E-state index contributed by atoms with van der Waals surface area (Å²) in [6.45, 7) is 3.18. The topological polar surface area (TPSA) is 81.8 Å². The Bertz CT molecular complexity index is 911. The maximum atomic E-state index is 9.25. The van der Waals surface area contributed by atoms with Crippen molar-refractivity contribution in [2.45, 2.75) is 0 Å². The van der Waals surface area contributed by atoms with Crippen LogP contribution >= 0.6 is 0 Å². The van der Waals surface area contributed by atoms with Gasteiger partial charge in [-0.3, -0.25) is 4.98 Å². The van der Waals surface area contributed by atoms with Crippen molar-refractivity contribution in [2.24, 2.45) is 0 Å². The van der Waals surface area contributed by atoms with E-state index in [2.05, 4.69) is 36.0 Å². The molecule has 0 saturated carbocycles. The normalized spacial score (nSPS) is 14.1. The van der Waals surface area contributed by atoms with Crippen LogP contribution in [0.2, 0.25) is 0 Å². The molecule has 7 nitrogen and oxygen atoms in total. The largest absolute Gasteiger partial charge is 0.352 e. The number of nitrogens with zero attached hydrogens (tertiary/aromatic N) is 7. The molecular formula is C19H17N7. The van der Waals surface area contributed by atoms with Crippen LogP contribution in [0.25, 0.3) is 11.4 Å². The van der Waals surface area contributed by atoms with Crippen molar-refractivity contribution in [1.82, 2.24) is 20.2 Å². The molecular weight excluding hydrogens is 326 g/mol. The summed E-state index contributed by atoms with van der Waals surface area (Å²) in [7, 11) is 0. The summed E-state index contributed by atoms with van der Waals surface area (Å²) in [5.74, 6) is 1.61. The Morgan fingerprint density at radius 3 is 2.27 bits per heavy atom. The molecule has 3 aromatic heterocycles. The summed E-state index contributed by atoms with van der Waals surface area (Å²) in [6, 6.07) is 15.5. The van der Waals surface area contributed by atoms with Crippen LogP contribution in [0.5, 0.6) is 0 Å². The Labute approximate surface area is 151 Å². The van der Waals surface area contributed by atoms with Gasteiger partial charge < -0.3 is 9.80 Å². The maximum Gasteiger partial charge on any atom is 0.151 e. The van der Waals surface area contributed by atoms with Gasteiger partial charge in [-0.15, -0.1) is 10.2 Å². The first-order valence-corrected chi connectivity index (χ1v) is 8.45. The van der Waals surface area contributed by atoms with Gasteiger partial charge in [0.05, 0.1) is 11.3 Å². The Kier molecular flexibility index (Phi) is 4.39. The summed E-state index contributed by atoms with van der Waals surface area (Å²) in [4.78, 5) is 13.0. The minimum Gasteiger partial charge on any atom is -0.352 e. The molecule has 1 aliphatic heterocycles. The molecule has 0 unspecified atom stereocenters. The Morgan fingerprint density at radius 2 is 1.58 bits per heavy atom. The van der Waals surface area contributed by atoms with E-state index in [-0.39, 0.29) is 0 Å². The number of rotatable bonds is 3. The van der Waals surface area contributed by atoms with Crippen molar-refractivity contribution in [3.05, 3.63) is 60.4 Å². The lowest BCUT2D eigenvalue weighted by molar-refractivity contribution is 0.638. The third-order valence-corrected chi connectivity index (χ3v) is 4.39. The van der Waals surface area contributed by atoms with Crippen LogP contribution in [0.3, 0.4) is 0 Å². The molecule has 0 aliphatic carbocycles. The number of anilines is 2. The molecule has 26 heavy (non-hydrogen) atoms. The monoisotopic (exact) mass is 343 g/mol. The smallest absolute Gasteiger partial charge is 0.151 e. The lowest BCUT2D eigenvalue weighted by Gasteiger charge is -2.36. The molecule has 128 valence electrons. The highest BCUT2D eigenvalue weighted by atomic mass is 15.3. The summed E-state index contributed by atoms with van der Waals surface area (Å²) in [5.41, 5.74) is 2.19. The Balaban J connectivity index is 1.44. The standard InChI is InChI=1S/C19H17N7/c20-14-15-4-3-9-22-19(15)26-12-10-25(11-13-26)18-7-6-17(23-24-18)16-5-1-2-8-21-16/h1-9H,10-13H2. The van der Waals surface area contributed by atoms with Crippen LogP contribution in [0.1, 0.15) is 5.56 Å². The lowest BCUT2D eigenvalue weighted by atomic mass is 10.2. The minimum atomic E-state index is 0.612. The minimum absolute atomic E-state index is 0.612. The van der Waals surface area contributed by atoms with Gasteiger partial charge in [0.15, 0.2) is 5.82 Å². The van der Waals surface area contributed by atoms with Crippen LogP contribution in [0.4, 0.5) is 11.6 Å². The van der Waals surface area contributed by atoms with E-state index in [0.717, 1.165) is 49.2 Å². The predicted molar refractivity (Wildman–Crippen MR) is 98.6 cm³/mol. The van der Waals surface area contributed by atoms with Crippen LogP contribution in [-0.4, -0.2) is 46.3 Å². The van der Waals surface area contributed by atoms with Gasteiger partial charge in [-0.2, -0.15) is 5.26 Å². The van der Waals surface area contributed by atoms with E-state index in [1.807, 2.05) is 30.3 Å². The molecule has 1 aliphatic rings. The van der Waals surface area contributed by atoms with E-state index in [4.69, 9.17) is 0 Å². The van der Waals surface area contributed by atoms with Gasteiger partial charge in [0, 0.05) is 38.6 Å². The zero-order chi connectivity index (χ0) is 17.8. The van der Waals surface area contributed by atoms with Gasteiger partial charge in [-0.1, -0.05) is 6.07 Å². The maximum absolute atomic E-state index is 9.25. The molecule has 1 saturated heterocycles. The molecule has 0 radical (unpaired) electrons. The zero-order valence-electron chi connectivity index (χ0n) is 14.2. The van der Waals surface area contributed by atoms with E-state index in [1.54, 1.807) is 24.5 Å². The van der Waals surface area contributed by atoms with Gasteiger partial charge in [0.1, 0.15) is 17.6 Å². The molecule has 1 fully saturated rings. The highest BCUT2D eigenvalue weighted by Crippen LogP contribution is 2.21. The zero-order valence-corrected chi connectivity index (χ0v) is 14.2. The average Bonchev–Trinajstić information content (AvgIpc) is 2.74. The molecule has 0 bridgehead atoms. The molecule has 3 aromatic rings. The second-order valence-corrected chi connectivity index (χ2v) is 5.95. The Morgan fingerprint density at radius 1 is 0.769 bits per heavy atom. The molecule has 4 rings (SSSR count). The average molecular weight is 343 g/mol. The van der Waals surface area contributed by atoms with Gasteiger partial charge in [-0.25, -0.2) is 4.98 Å². The van der Waals surface area contributed by atoms with Crippen molar-refractivity contribution >= 4 is 11.6 Å². The van der Waals surface area contributed by atoms with Gasteiger partial charge >= 0.3 is 0 Å². The highest BCUT2D eigenvalue weighted by molar-refractivity contribution is 5.56. The summed E-state index contributed by atoms with van der Waals surface area (Å²) >= 11 is 0. The van der Waals surface area contributed by atoms with E-state index in [1.165, 1.54) is 0 Å². The van der Waals surface area contributed by atoms with Crippen molar-refractivity contribution in [3.63, 3.8) is 0 Å². The molecule has 7 heteroatoms. The van der Waals surface area contributed by atoms with Gasteiger partial charge in [-0.05, 0) is 36.4 Å². The fourth-order valence-corrected chi connectivity index (χ4v) is 3.03. The van der Waals surface area contributed by atoms with Gasteiger partial charge in [0.25, 0.3) is 0 Å². The van der Waals surface area contributed by atoms with Crippen molar-refractivity contribution in [3.8, 4) is 17.5 Å². The number of hydrogen-bond acceptors (Lipinski definition) is 7. The van der Waals surface area contributed by atoms with E-state index in [0.29, 0.717) is 5.56 Å². The van der Waals surface area contributed by atoms with Crippen LogP contribution in [-0.2, 0) is 0 Å². The summed E-state index contributed by atoms with van der Waals surface area (Å²) < 4.78 is 0. The van der Waals surface area contributed by atoms with Crippen LogP contribution in [0.15, 0.2) is 54.9 Å². The molecule has 0 amide bonds. The van der Waals surface area contributed by atoms with E-state index >= 15 is 0 Å². The second-order valence-electron chi connectivity index (χ2n) is 5.95. The molecule has 0 atom stereocenters. The number of piperazine rings is 1. The predicted octanol–water partition coefficient (Wildman–Crippen LogP) is 2.13. The van der Waals surface area contributed by atoms with Crippen molar-refractivity contribution in [2.75, 3.05) is 36.0 Å². The summed E-state index contributed by atoms with van der Waals surface area (Å²) in [5, 5.41) is 17.9. The molecule has 0 aromatic carbocycles. The number of aromatic nitrogens is 4. The first kappa shape index (κ1) is 16.0.